The van der Waals surface area contributed by atoms with E-state index in [1.54, 1.807) is 0 Å². The Morgan fingerprint density at radius 1 is 1.30 bits per heavy atom. The molecule has 0 unspecified atom stereocenters. The van der Waals surface area contributed by atoms with Gasteiger partial charge < -0.3 is 9.47 Å². The largest absolute Gasteiger partial charge is 0.586 e. The van der Waals surface area contributed by atoms with Crippen LogP contribution in [-0.2, 0) is 19.9 Å². The van der Waals surface area contributed by atoms with Gasteiger partial charge in [0.2, 0.25) is 10.0 Å². The molecule has 11 heteroatoms. The van der Waals surface area contributed by atoms with E-state index in [4.69, 9.17) is 0 Å². The maximum absolute atomic E-state index is 13.1. The summed E-state index contributed by atoms with van der Waals surface area (Å²) < 4.78 is 85.2. The van der Waals surface area contributed by atoms with Crippen LogP contribution in [0, 0.1) is 0 Å². The molecule has 0 amide bonds. The van der Waals surface area contributed by atoms with Crippen molar-refractivity contribution in [3.63, 3.8) is 0 Å². The Hall–Kier alpha value is -1.46. The maximum atomic E-state index is 13.1. The topological polar surface area (TPSA) is 98.8 Å². The summed E-state index contributed by atoms with van der Waals surface area (Å²) in [6, 6.07) is 2.63. The summed E-state index contributed by atoms with van der Waals surface area (Å²) in [4.78, 5) is -0.524. The monoisotopic (exact) mass is 369 g/mol. The van der Waals surface area contributed by atoms with E-state index in [1.165, 1.54) is 13.0 Å². The van der Waals surface area contributed by atoms with Gasteiger partial charge in [0, 0.05) is 6.04 Å². The molecule has 7 nitrogen and oxygen atoms in total. The van der Waals surface area contributed by atoms with Gasteiger partial charge >= 0.3 is 6.29 Å². The summed E-state index contributed by atoms with van der Waals surface area (Å²) in [6.07, 6.45) is -3.83. The number of fused-ring (bicyclic) bond motifs is 1. The number of sulfonamides is 1. The third kappa shape index (κ3) is 2.88. The van der Waals surface area contributed by atoms with Crippen LogP contribution in [-0.4, -0.2) is 40.2 Å². The van der Waals surface area contributed by atoms with Crippen LogP contribution in [0.15, 0.2) is 23.1 Å². The second kappa shape index (κ2) is 5.02. The molecule has 128 valence electrons. The number of hydrogen-bond donors (Lipinski definition) is 1. The van der Waals surface area contributed by atoms with E-state index in [-0.39, 0.29) is 12.2 Å². The minimum absolute atomic E-state index is 0.116. The van der Waals surface area contributed by atoms with Crippen LogP contribution in [0.4, 0.5) is 8.78 Å². The Labute approximate surface area is 131 Å². The number of hydrogen-bond acceptors (Lipinski definition) is 6. The highest BCUT2D eigenvalue weighted by Crippen LogP contribution is 2.44. The second-order valence-electron chi connectivity index (χ2n) is 5.34. The average molecular weight is 369 g/mol. The molecule has 2 aliphatic heterocycles. The summed E-state index contributed by atoms with van der Waals surface area (Å²) in [5.41, 5.74) is 0. The molecule has 23 heavy (non-hydrogen) atoms. The number of ether oxygens (including phenoxy) is 2. The SMILES string of the molecule is C[C@H]1[C@@H](NS(=O)(=O)c2cccc3c2OC(F)(F)O3)CCS1(=O)=O. The third-order valence-electron chi connectivity index (χ3n) is 3.83. The number of benzene rings is 1. The van der Waals surface area contributed by atoms with Crippen molar-refractivity contribution in [2.75, 3.05) is 5.75 Å². The maximum Gasteiger partial charge on any atom is 0.586 e. The van der Waals surface area contributed by atoms with Crippen molar-refractivity contribution in [1.82, 2.24) is 4.72 Å². The van der Waals surface area contributed by atoms with Crippen LogP contribution < -0.4 is 14.2 Å². The van der Waals surface area contributed by atoms with Crippen LogP contribution in [0.25, 0.3) is 0 Å². The van der Waals surface area contributed by atoms with Gasteiger partial charge in [0.1, 0.15) is 4.90 Å². The van der Waals surface area contributed by atoms with Gasteiger partial charge in [-0.25, -0.2) is 21.6 Å². The van der Waals surface area contributed by atoms with Gasteiger partial charge in [-0.15, -0.1) is 8.78 Å². The number of alkyl halides is 2. The highest BCUT2D eigenvalue weighted by atomic mass is 32.2. The highest BCUT2D eigenvalue weighted by Gasteiger charge is 2.47. The lowest BCUT2D eigenvalue weighted by Gasteiger charge is -2.17. The van der Waals surface area contributed by atoms with Crippen LogP contribution in [0.1, 0.15) is 13.3 Å². The lowest BCUT2D eigenvalue weighted by Crippen LogP contribution is -2.40. The highest BCUT2D eigenvalue weighted by molar-refractivity contribution is 7.92. The van der Waals surface area contributed by atoms with Crippen molar-refractivity contribution in [2.24, 2.45) is 0 Å². The predicted octanol–water partition coefficient (Wildman–Crippen LogP) is 0.862. The molecule has 1 fully saturated rings. The first-order valence-corrected chi connectivity index (χ1v) is 9.84. The molecule has 0 radical (unpaired) electrons. The van der Waals surface area contributed by atoms with Crippen LogP contribution >= 0.6 is 0 Å². The van der Waals surface area contributed by atoms with E-state index >= 15 is 0 Å². The van der Waals surface area contributed by atoms with Crippen molar-refractivity contribution >= 4 is 19.9 Å². The minimum Gasteiger partial charge on any atom is -0.395 e. The van der Waals surface area contributed by atoms with Gasteiger partial charge in [-0.3, -0.25) is 0 Å². The quantitative estimate of drug-likeness (QED) is 0.849. The first-order chi connectivity index (χ1) is 10.5. The Morgan fingerprint density at radius 3 is 2.61 bits per heavy atom. The van der Waals surface area contributed by atoms with Crippen LogP contribution in [0.2, 0.25) is 0 Å². The standard InChI is InChI=1S/C12H13F2NO6S2/c1-7-8(5-6-22(7,16)17)15-23(18,19)10-4-2-3-9-11(10)21-12(13,14)20-9/h2-4,7-8,15H,5-6H2,1H3/t7-,8-/m0/s1. The zero-order valence-corrected chi connectivity index (χ0v) is 13.5. The Morgan fingerprint density at radius 2 is 2.00 bits per heavy atom. The van der Waals surface area contributed by atoms with Gasteiger partial charge in [-0.1, -0.05) is 6.07 Å². The number of halogens is 2. The zero-order valence-electron chi connectivity index (χ0n) is 11.8. The number of nitrogens with one attached hydrogen (secondary N) is 1. The average Bonchev–Trinajstić information content (AvgIpc) is 2.87. The first kappa shape index (κ1) is 16.4. The predicted molar refractivity (Wildman–Crippen MR) is 74.6 cm³/mol. The molecule has 1 aromatic carbocycles. The van der Waals surface area contributed by atoms with Crippen LogP contribution in [0.3, 0.4) is 0 Å². The van der Waals surface area contributed by atoms with E-state index in [1.807, 2.05) is 0 Å². The molecule has 1 aromatic rings. The third-order valence-corrected chi connectivity index (χ3v) is 7.61. The van der Waals surface area contributed by atoms with Gasteiger partial charge in [0.15, 0.2) is 21.3 Å². The van der Waals surface area contributed by atoms with E-state index in [0.29, 0.717) is 0 Å². The molecule has 0 spiro atoms. The molecule has 2 heterocycles. The van der Waals surface area contributed by atoms with Gasteiger partial charge in [0.05, 0.1) is 11.0 Å². The second-order valence-corrected chi connectivity index (χ2v) is 9.50. The molecular weight excluding hydrogens is 356 g/mol. The van der Waals surface area contributed by atoms with Gasteiger partial charge in [-0.2, -0.15) is 0 Å². The molecule has 1 N–H and O–H groups in total. The summed E-state index contributed by atoms with van der Waals surface area (Å²) in [7, 11) is -7.62. The molecule has 0 aromatic heterocycles. The normalized spacial score (nSPS) is 28.0. The summed E-state index contributed by atoms with van der Waals surface area (Å²) in [5, 5.41) is -0.896. The van der Waals surface area contributed by atoms with E-state index in [2.05, 4.69) is 14.2 Å². The summed E-state index contributed by atoms with van der Waals surface area (Å²) in [5.74, 6) is -1.13. The Kier molecular flexibility index (Phi) is 3.58. The van der Waals surface area contributed by atoms with E-state index in [0.717, 1.165) is 12.1 Å². The fraction of sp³-hybridized carbons (Fsp3) is 0.500. The van der Waals surface area contributed by atoms with Crippen LogP contribution in [0.5, 0.6) is 11.5 Å². The molecule has 3 rings (SSSR count). The minimum atomic E-state index is -4.26. The van der Waals surface area contributed by atoms with Crippen molar-refractivity contribution in [3.05, 3.63) is 18.2 Å². The van der Waals surface area contributed by atoms with E-state index in [9.17, 15) is 25.6 Å². The van der Waals surface area contributed by atoms with Crippen molar-refractivity contribution in [2.45, 2.75) is 35.8 Å². The Bertz CT molecular complexity index is 852. The fourth-order valence-corrected chi connectivity index (χ4v) is 5.77. The molecule has 2 atom stereocenters. The summed E-state index contributed by atoms with van der Waals surface area (Å²) >= 11 is 0. The molecule has 1 saturated heterocycles. The molecular formula is C12H13F2NO6S2. The lowest BCUT2D eigenvalue weighted by molar-refractivity contribution is -0.287. The zero-order chi connectivity index (χ0) is 17.0. The smallest absolute Gasteiger partial charge is 0.395 e. The lowest BCUT2D eigenvalue weighted by atomic mass is 10.2. The molecule has 0 aliphatic carbocycles. The Balaban J connectivity index is 1.93. The first-order valence-electron chi connectivity index (χ1n) is 6.65. The van der Waals surface area contributed by atoms with Crippen molar-refractivity contribution in [1.29, 1.82) is 0 Å². The van der Waals surface area contributed by atoms with Crippen molar-refractivity contribution in [3.8, 4) is 11.5 Å². The fourth-order valence-electron chi connectivity index (χ4n) is 2.54. The summed E-state index contributed by atoms with van der Waals surface area (Å²) in [6.45, 7) is 1.40. The van der Waals surface area contributed by atoms with Gasteiger partial charge in [-0.05, 0) is 25.5 Å². The molecule has 0 bridgehead atoms. The number of sulfone groups is 1. The molecule has 0 saturated carbocycles. The molecule has 2 aliphatic rings. The number of rotatable bonds is 3. The van der Waals surface area contributed by atoms with Crippen molar-refractivity contribution < 1.29 is 35.1 Å². The van der Waals surface area contributed by atoms with Gasteiger partial charge in [0.25, 0.3) is 0 Å². The van der Waals surface area contributed by atoms with E-state index < -0.39 is 53.8 Å². The number of para-hydroxylation sites is 1.